The number of rotatable bonds is 4. The zero-order chi connectivity index (χ0) is 12.5. The van der Waals surface area contributed by atoms with Crippen LogP contribution in [0.25, 0.3) is 0 Å². The number of aromatic nitrogens is 3. The number of carbonyl (C=O) groups excluding carboxylic acids is 1. The number of nitrogens with zero attached hydrogens (tertiary/aromatic N) is 3. The van der Waals surface area contributed by atoms with Crippen LogP contribution in [0.15, 0.2) is 6.20 Å². The minimum Gasteiger partial charge on any atom is -0.351 e. The third-order valence-electron chi connectivity index (χ3n) is 4.19. The first-order valence-electron chi connectivity index (χ1n) is 6.63. The minimum atomic E-state index is 0.0287. The van der Waals surface area contributed by atoms with E-state index in [-0.39, 0.29) is 12.5 Å². The van der Waals surface area contributed by atoms with Crippen molar-refractivity contribution in [2.24, 2.45) is 17.6 Å². The fourth-order valence-corrected chi connectivity index (χ4v) is 3.33. The molecule has 6 nitrogen and oxygen atoms in total. The van der Waals surface area contributed by atoms with Crippen LogP contribution in [0.2, 0.25) is 0 Å². The highest BCUT2D eigenvalue weighted by molar-refractivity contribution is 5.76. The van der Waals surface area contributed by atoms with Crippen molar-refractivity contribution in [3.05, 3.63) is 11.9 Å². The number of hydrogen-bond donors (Lipinski definition) is 2. The van der Waals surface area contributed by atoms with E-state index >= 15 is 0 Å². The molecule has 0 aromatic carbocycles. The zero-order valence-corrected chi connectivity index (χ0v) is 10.4. The predicted molar refractivity (Wildman–Crippen MR) is 65.3 cm³/mol. The maximum Gasteiger partial charge on any atom is 0.242 e. The van der Waals surface area contributed by atoms with Crippen molar-refractivity contribution in [3.8, 4) is 0 Å². The van der Waals surface area contributed by atoms with Crippen molar-refractivity contribution >= 4 is 5.91 Å². The highest BCUT2D eigenvalue weighted by Crippen LogP contribution is 2.44. The van der Waals surface area contributed by atoms with E-state index in [0.717, 1.165) is 12.3 Å². The predicted octanol–water partition coefficient (Wildman–Crippen LogP) is 0.0416. The normalized spacial score (nSPS) is 29.7. The van der Waals surface area contributed by atoms with Gasteiger partial charge in [-0.25, -0.2) is 4.68 Å². The van der Waals surface area contributed by atoms with Crippen LogP contribution in [-0.4, -0.2) is 26.9 Å². The molecular weight excluding hydrogens is 230 g/mol. The van der Waals surface area contributed by atoms with Gasteiger partial charge in [0.05, 0.1) is 11.9 Å². The van der Waals surface area contributed by atoms with Gasteiger partial charge in [0.25, 0.3) is 0 Å². The molecule has 3 rings (SSSR count). The molecule has 6 heteroatoms. The molecule has 0 aliphatic heterocycles. The molecule has 3 unspecified atom stereocenters. The molecule has 1 amide bonds. The lowest BCUT2D eigenvalue weighted by Gasteiger charge is -2.22. The smallest absolute Gasteiger partial charge is 0.242 e. The maximum absolute atomic E-state index is 11.9. The first kappa shape index (κ1) is 11.6. The monoisotopic (exact) mass is 249 g/mol. The summed E-state index contributed by atoms with van der Waals surface area (Å²) in [6.07, 6.45) is 6.80. The summed E-state index contributed by atoms with van der Waals surface area (Å²) in [5, 5.41) is 10.9. The van der Waals surface area contributed by atoms with E-state index in [2.05, 4.69) is 15.6 Å². The number of nitrogens with two attached hydrogens (primary N) is 1. The van der Waals surface area contributed by atoms with E-state index in [9.17, 15) is 4.79 Å². The van der Waals surface area contributed by atoms with E-state index in [4.69, 9.17) is 5.73 Å². The summed E-state index contributed by atoms with van der Waals surface area (Å²) < 4.78 is 1.55. The number of amides is 1. The van der Waals surface area contributed by atoms with Crippen LogP contribution in [0.1, 0.15) is 31.4 Å². The Kier molecular flexibility index (Phi) is 3.03. The topological polar surface area (TPSA) is 85.8 Å². The van der Waals surface area contributed by atoms with Gasteiger partial charge < -0.3 is 11.1 Å². The number of carbonyl (C=O) groups is 1. The Morgan fingerprint density at radius 1 is 1.50 bits per heavy atom. The third-order valence-corrected chi connectivity index (χ3v) is 4.19. The fraction of sp³-hybridized carbons (Fsp3) is 0.750. The van der Waals surface area contributed by atoms with Crippen molar-refractivity contribution in [3.63, 3.8) is 0 Å². The van der Waals surface area contributed by atoms with Crippen LogP contribution >= 0.6 is 0 Å². The molecule has 2 bridgehead atoms. The first-order chi connectivity index (χ1) is 8.74. The summed E-state index contributed by atoms with van der Waals surface area (Å²) in [7, 11) is 0. The van der Waals surface area contributed by atoms with Crippen molar-refractivity contribution < 1.29 is 4.79 Å². The largest absolute Gasteiger partial charge is 0.351 e. The van der Waals surface area contributed by atoms with E-state index in [1.807, 2.05) is 0 Å². The van der Waals surface area contributed by atoms with Crippen molar-refractivity contribution in [2.75, 3.05) is 0 Å². The Bertz CT molecular complexity index is 443. The highest BCUT2D eigenvalue weighted by atomic mass is 16.2. The van der Waals surface area contributed by atoms with Crippen LogP contribution < -0.4 is 11.1 Å². The van der Waals surface area contributed by atoms with Crippen molar-refractivity contribution in [1.29, 1.82) is 0 Å². The molecule has 98 valence electrons. The van der Waals surface area contributed by atoms with Crippen LogP contribution in [0.4, 0.5) is 0 Å². The standard InChI is InChI=1S/C12H19N5O/c13-5-10-6-17(16-15-10)7-12(18)14-11-4-8-1-2-9(11)3-8/h6,8-9,11H,1-5,7,13H2,(H,14,18). The molecule has 0 saturated heterocycles. The molecule has 1 aromatic rings. The maximum atomic E-state index is 11.9. The highest BCUT2D eigenvalue weighted by Gasteiger charge is 2.39. The third kappa shape index (κ3) is 2.25. The van der Waals surface area contributed by atoms with Crippen molar-refractivity contribution in [2.45, 2.75) is 44.8 Å². The van der Waals surface area contributed by atoms with E-state index in [1.165, 1.54) is 19.3 Å². The molecule has 3 N–H and O–H groups in total. The van der Waals surface area contributed by atoms with Crippen LogP contribution in [-0.2, 0) is 17.9 Å². The second kappa shape index (κ2) is 4.68. The second-order valence-electron chi connectivity index (χ2n) is 5.46. The Hall–Kier alpha value is -1.43. The van der Waals surface area contributed by atoms with Gasteiger partial charge >= 0.3 is 0 Å². The molecule has 1 heterocycles. The van der Waals surface area contributed by atoms with Gasteiger partial charge in [-0.15, -0.1) is 5.10 Å². The molecule has 1 aromatic heterocycles. The van der Waals surface area contributed by atoms with Gasteiger partial charge in [0.1, 0.15) is 6.54 Å². The Morgan fingerprint density at radius 3 is 3.00 bits per heavy atom. The number of hydrogen-bond acceptors (Lipinski definition) is 4. The molecule has 2 saturated carbocycles. The van der Waals surface area contributed by atoms with Gasteiger partial charge in [0, 0.05) is 12.6 Å². The molecule has 2 aliphatic carbocycles. The van der Waals surface area contributed by atoms with Crippen LogP contribution in [0, 0.1) is 11.8 Å². The van der Waals surface area contributed by atoms with E-state index in [0.29, 0.717) is 24.2 Å². The van der Waals surface area contributed by atoms with Gasteiger partial charge in [-0.05, 0) is 31.1 Å². The summed E-state index contributed by atoms with van der Waals surface area (Å²) in [4.78, 5) is 11.9. The minimum absolute atomic E-state index is 0.0287. The molecule has 3 atom stereocenters. The summed E-state index contributed by atoms with van der Waals surface area (Å²) in [6.45, 7) is 0.592. The summed E-state index contributed by atoms with van der Waals surface area (Å²) in [6, 6.07) is 0.383. The average Bonchev–Trinajstić information content (AvgIpc) is 3.04. The van der Waals surface area contributed by atoms with Crippen LogP contribution in [0.3, 0.4) is 0 Å². The molecule has 18 heavy (non-hydrogen) atoms. The molecule has 0 radical (unpaired) electrons. The quantitative estimate of drug-likeness (QED) is 0.789. The second-order valence-corrected chi connectivity index (χ2v) is 5.46. The molecule has 0 spiro atoms. The van der Waals surface area contributed by atoms with Crippen LogP contribution in [0.5, 0.6) is 0 Å². The fourth-order valence-electron chi connectivity index (χ4n) is 3.33. The van der Waals surface area contributed by atoms with E-state index in [1.54, 1.807) is 10.9 Å². The summed E-state index contributed by atoms with van der Waals surface area (Å²) in [5.74, 6) is 1.57. The number of fused-ring (bicyclic) bond motifs is 2. The summed E-state index contributed by atoms with van der Waals surface area (Å²) >= 11 is 0. The average molecular weight is 249 g/mol. The van der Waals surface area contributed by atoms with Gasteiger partial charge in [-0.2, -0.15) is 0 Å². The molecular formula is C12H19N5O. The van der Waals surface area contributed by atoms with Gasteiger partial charge in [0.2, 0.25) is 5.91 Å². The zero-order valence-electron chi connectivity index (χ0n) is 10.4. The lowest BCUT2D eigenvalue weighted by molar-refractivity contribution is -0.122. The number of nitrogens with one attached hydrogen (secondary N) is 1. The SMILES string of the molecule is NCc1cn(CC(=O)NC2CC3CCC2C3)nn1. The van der Waals surface area contributed by atoms with E-state index < -0.39 is 0 Å². The Labute approximate surface area is 106 Å². The first-order valence-corrected chi connectivity index (χ1v) is 6.63. The Morgan fingerprint density at radius 2 is 2.39 bits per heavy atom. The lowest BCUT2D eigenvalue weighted by Crippen LogP contribution is -2.40. The van der Waals surface area contributed by atoms with Gasteiger partial charge in [-0.3, -0.25) is 4.79 Å². The van der Waals surface area contributed by atoms with Gasteiger partial charge in [-0.1, -0.05) is 11.6 Å². The lowest BCUT2D eigenvalue weighted by atomic mass is 9.95. The molecule has 2 aliphatic rings. The van der Waals surface area contributed by atoms with Gasteiger partial charge in [0.15, 0.2) is 0 Å². The van der Waals surface area contributed by atoms with Crippen molar-refractivity contribution in [1.82, 2.24) is 20.3 Å². The Balaban J connectivity index is 1.52. The molecule has 2 fully saturated rings. The summed E-state index contributed by atoms with van der Waals surface area (Å²) in [5.41, 5.74) is 6.16.